The zero-order valence-corrected chi connectivity index (χ0v) is 12.4. The van der Waals surface area contributed by atoms with Crippen LogP contribution in [-0.4, -0.2) is 10.9 Å². The molecule has 0 radical (unpaired) electrons. The normalized spacial score (nSPS) is 10.3. The van der Waals surface area contributed by atoms with Gasteiger partial charge in [0.15, 0.2) is 0 Å². The third-order valence-electron chi connectivity index (χ3n) is 2.82. The summed E-state index contributed by atoms with van der Waals surface area (Å²) < 4.78 is 14.1. The summed E-state index contributed by atoms with van der Waals surface area (Å²) >= 11 is 3.23. The van der Waals surface area contributed by atoms with Crippen LogP contribution in [0.15, 0.2) is 47.2 Å². The van der Waals surface area contributed by atoms with Crippen molar-refractivity contribution >= 4 is 27.5 Å². The lowest BCUT2D eigenvalue weighted by molar-refractivity contribution is -0.116. The van der Waals surface area contributed by atoms with E-state index in [1.807, 2.05) is 0 Å². The van der Waals surface area contributed by atoms with E-state index in [0.717, 1.165) is 4.60 Å². The molecule has 1 heterocycles. The van der Waals surface area contributed by atoms with E-state index >= 15 is 0 Å². The van der Waals surface area contributed by atoms with Gasteiger partial charge in [0.2, 0.25) is 5.91 Å². The summed E-state index contributed by atoms with van der Waals surface area (Å²) in [7, 11) is 0. The Labute approximate surface area is 125 Å². The molecule has 0 spiro atoms. The van der Waals surface area contributed by atoms with Crippen molar-refractivity contribution < 1.29 is 9.18 Å². The summed E-state index contributed by atoms with van der Waals surface area (Å²) in [6, 6.07) is 10.2. The first-order valence-corrected chi connectivity index (χ1v) is 7.09. The number of anilines is 1. The minimum Gasteiger partial charge on any atom is -0.325 e. The molecular formula is C15H14BrFN2O. The average molecular weight is 337 g/mol. The fraction of sp³-hybridized carbons (Fsp3) is 0.200. The Kier molecular flexibility index (Phi) is 5.24. The summed E-state index contributed by atoms with van der Waals surface area (Å²) in [4.78, 5) is 15.8. The average Bonchev–Trinajstić information content (AvgIpc) is 2.43. The topological polar surface area (TPSA) is 42.0 Å². The van der Waals surface area contributed by atoms with Gasteiger partial charge in [0.25, 0.3) is 0 Å². The minimum absolute atomic E-state index is 0.0922. The number of rotatable bonds is 5. The van der Waals surface area contributed by atoms with E-state index < -0.39 is 0 Å². The van der Waals surface area contributed by atoms with E-state index in [1.54, 1.807) is 36.5 Å². The van der Waals surface area contributed by atoms with Crippen LogP contribution in [0.3, 0.4) is 0 Å². The molecule has 104 valence electrons. The Morgan fingerprint density at radius 2 is 2.05 bits per heavy atom. The van der Waals surface area contributed by atoms with Crippen LogP contribution in [0.5, 0.6) is 0 Å². The van der Waals surface area contributed by atoms with Crippen molar-refractivity contribution in [2.45, 2.75) is 19.3 Å². The van der Waals surface area contributed by atoms with Crippen LogP contribution in [0, 0.1) is 5.82 Å². The predicted octanol–water partition coefficient (Wildman–Crippen LogP) is 3.94. The summed E-state index contributed by atoms with van der Waals surface area (Å²) in [5, 5.41) is 2.75. The molecule has 2 aromatic rings. The molecule has 5 heteroatoms. The van der Waals surface area contributed by atoms with Crippen LogP contribution in [0.2, 0.25) is 0 Å². The summed E-state index contributed by atoms with van der Waals surface area (Å²) in [5.41, 5.74) is 1.30. The molecule has 0 aliphatic heterocycles. The second-order valence-electron chi connectivity index (χ2n) is 4.36. The maximum atomic E-state index is 13.4. The summed E-state index contributed by atoms with van der Waals surface area (Å²) in [6.07, 6.45) is 3.10. The molecule has 0 saturated heterocycles. The van der Waals surface area contributed by atoms with Crippen molar-refractivity contribution in [3.05, 3.63) is 58.6 Å². The van der Waals surface area contributed by atoms with Crippen LogP contribution >= 0.6 is 15.9 Å². The lowest BCUT2D eigenvalue weighted by Crippen LogP contribution is -2.11. The second-order valence-corrected chi connectivity index (χ2v) is 5.18. The predicted molar refractivity (Wildman–Crippen MR) is 79.9 cm³/mol. The molecule has 3 nitrogen and oxygen atoms in total. The monoisotopic (exact) mass is 336 g/mol. The summed E-state index contributed by atoms with van der Waals surface area (Å²) in [6.45, 7) is 0. The zero-order chi connectivity index (χ0) is 14.4. The van der Waals surface area contributed by atoms with E-state index in [1.165, 1.54) is 6.07 Å². The van der Waals surface area contributed by atoms with Gasteiger partial charge in [0.05, 0.1) is 11.9 Å². The van der Waals surface area contributed by atoms with Crippen LogP contribution in [0.4, 0.5) is 10.1 Å². The number of benzene rings is 1. The number of halogens is 2. The van der Waals surface area contributed by atoms with Gasteiger partial charge in [-0.3, -0.25) is 4.79 Å². The van der Waals surface area contributed by atoms with E-state index in [0.29, 0.717) is 30.5 Å². The number of carbonyl (C=O) groups is 1. The smallest absolute Gasteiger partial charge is 0.224 e. The van der Waals surface area contributed by atoms with Crippen molar-refractivity contribution in [1.82, 2.24) is 4.98 Å². The molecule has 0 fully saturated rings. The third kappa shape index (κ3) is 4.42. The van der Waals surface area contributed by atoms with Crippen molar-refractivity contribution in [3.8, 4) is 0 Å². The molecule has 0 saturated carbocycles. The van der Waals surface area contributed by atoms with Crippen LogP contribution in [-0.2, 0) is 11.2 Å². The van der Waals surface area contributed by atoms with Crippen molar-refractivity contribution in [2.24, 2.45) is 0 Å². The lowest BCUT2D eigenvalue weighted by atomic mass is 10.1. The van der Waals surface area contributed by atoms with E-state index in [-0.39, 0.29) is 11.7 Å². The highest BCUT2D eigenvalue weighted by molar-refractivity contribution is 9.10. The number of aromatic nitrogens is 1. The van der Waals surface area contributed by atoms with Crippen LogP contribution in [0.1, 0.15) is 18.4 Å². The maximum absolute atomic E-state index is 13.4. The number of pyridine rings is 1. The fourth-order valence-electron chi connectivity index (χ4n) is 1.81. The van der Waals surface area contributed by atoms with Gasteiger partial charge < -0.3 is 5.32 Å². The highest BCUT2D eigenvalue weighted by atomic mass is 79.9. The van der Waals surface area contributed by atoms with E-state index in [4.69, 9.17) is 0 Å². The quantitative estimate of drug-likeness (QED) is 0.840. The molecule has 20 heavy (non-hydrogen) atoms. The Morgan fingerprint density at radius 3 is 2.75 bits per heavy atom. The van der Waals surface area contributed by atoms with Gasteiger partial charge >= 0.3 is 0 Å². The zero-order valence-electron chi connectivity index (χ0n) is 10.8. The highest BCUT2D eigenvalue weighted by Crippen LogP contribution is 2.12. The molecule has 0 bridgehead atoms. The molecule has 1 aromatic heterocycles. The fourth-order valence-corrected chi connectivity index (χ4v) is 2.05. The Morgan fingerprint density at radius 1 is 1.25 bits per heavy atom. The number of amides is 1. The highest BCUT2D eigenvalue weighted by Gasteiger charge is 2.05. The Hall–Kier alpha value is -1.75. The van der Waals surface area contributed by atoms with Gasteiger partial charge in [0, 0.05) is 6.42 Å². The number of aryl methyl sites for hydroxylation is 1. The molecule has 1 aromatic carbocycles. The van der Waals surface area contributed by atoms with Gasteiger partial charge in [-0.1, -0.05) is 18.2 Å². The number of nitrogens with zero attached hydrogens (tertiary/aromatic N) is 1. The molecular weight excluding hydrogens is 323 g/mol. The largest absolute Gasteiger partial charge is 0.325 e. The standard InChI is InChI=1S/C15H14BrFN2O/c16-14-9-8-12(10-18-14)19-15(20)7-3-5-11-4-1-2-6-13(11)17/h1-2,4,6,8-10H,3,5,7H2,(H,19,20). The first kappa shape index (κ1) is 14.7. The molecule has 1 amide bonds. The molecule has 0 atom stereocenters. The maximum Gasteiger partial charge on any atom is 0.224 e. The molecule has 1 N–H and O–H groups in total. The third-order valence-corrected chi connectivity index (χ3v) is 3.29. The molecule has 0 aliphatic carbocycles. The van der Waals surface area contributed by atoms with E-state index in [2.05, 4.69) is 26.2 Å². The van der Waals surface area contributed by atoms with Crippen molar-refractivity contribution in [3.63, 3.8) is 0 Å². The minimum atomic E-state index is -0.218. The number of hydrogen-bond acceptors (Lipinski definition) is 2. The van der Waals surface area contributed by atoms with Gasteiger partial charge in [-0.05, 0) is 52.5 Å². The molecule has 2 rings (SSSR count). The summed E-state index contributed by atoms with van der Waals surface area (Å²) in [5.74, 6) is -0.310. The van der Waals surface area contributed by atoms with Crippen LogP contribution in [0.25, 0.3) is 0 Å². The number of carbonyl (C=O) groups excluding carboxylic acids is 1. The van der Waals surface area contributed by atoms with Crippen LogP contribution < -0.4 is 5.32 Å². The van der Waals surface area contributed by atoms with Gasteiger partial charge in [0.1, 0.15) is 10.4 Å². The first-order chi connectivity index (χ1) is 9.65. The Balaban J connectivity index is 1.78. The first-order valence-electron chi connectivity index (χ1n) is 6.30. The van der Waals surface area contributed by atoms with Gasteiger partial charge in [-0.25, -0.2) is 9.37 Å². The van der Waals surface area contributed by atoms with Gasteiger partial charge in [-0.15, -0.1) is 0 Å². The van der Waals surface area contributed by atoms with Crippen molar-refractivity contribution in [1.29, 1.82) is 0 Å². The molecule has 0 unspecified atom stereocenters. The van der Waals surface area contributed by atoms with E-state index in [9.17, 15) is 9.18 Å². The van der Waals surface area contributed by atoms with Gasteiger partial charge in [-0.2, -0.15) is 0 Å². The lowest BCUT2D eigenvalue weighted by Gasteiger charge is -2.05. The Bertz CT molecular complexity index is 587. The number of hydrogen-bond donors (Lipinski definition) is 1. The second kappa shape index (κ2) is 7.14. The number of nitrogens with one attached hydrogen (secondary N) is 1. The SMILES string of the molecule is O=C(CCCc1ccccc1F)Nc1ccc(Br)nc1. The van der Waals surface area contributed by atoms with Crippen molar-refractivity contribution in [2.75, 3.05) is 5.32 Å². The molecule has 0 aliphatic rings.